The number of benzene rings is 2. The maximum absolute atomic E-state index is 10.2. The zero-order valence-corrected chi connectivity index (χ0v) is 18.4. The summed E-state index contributed by atoms with van der Waals surface area (Å²) in [6, 6.07) is 14.8. The van der Waals surface area contributed by atoms with Gasteiger partial charge in [0.25, 0.3) is 0 Å². The summed E-state index contributed by atoms with van der Waals surface area (Å²) >= 11 is 0. The van der Waals surface area contributed by atoms with Gasteiger partial charge in [0.2, 0.25) is 0 Å². The van der Waals surface area contributed by atoms with Crippen LogP contribution in [0, 0.1) is 6.92 Å². The number of nitrogens with zero attached hydrogens (tertiary/aromatic N) is 1. The van der Waals surface area contributed by atoms with Gasteiger partial charge >= 0.3 is 0 Å². The molecule has 2 rings (SSSR count). The Labute approximate surface area is 175 Å². The minimum atomic E-state index is -0.553. The van der Waals surface area contributed by atoms with Gasteiger partial charge in [-0.15, -0.1) is 0 Å². The maximum Gasteiger partial charge on any atom is 0.161 e. The first-order valence-corrected chi connectivity index (χ1v) is 10.3. The van der Waals surface area contributed by atoms with E-state index >= 15 is 0 Å². The molecule has 0 aliphatic carbocycles. The van der Waals surface area contributed by atoms with Crippen molar-refractivity contribution in [1.29, 1.82) is 0 Å². The van der Waals surface area contributed by atoms with Crippen molar-refractivity contribution in [3.8, 4) is 11.5 Å². The van der Waals surface area contributed by atoms with Crippen molar-refractivity contribution in [1.82, 2.24) is 10.2 Å². The van der Waals surface area contributed by atoms with Crippen LogP contribution in [-0.2, 0) is 13.0 Å². The number of aliphatic hydroxyl groups is 1. The number of nitrogens with one attached hydrogen (secondary N) is 1. The van der Waals surface area contributed by atoms with E-state index in [1.54, 1.807) is 7.11 Å². The summed E-state index contributed by atoms with van der Waals surface area (Å²) < 4.78 is 11.3. The van der Waals surface area contributed by atoms with E-state index in [9.17, 15) is 5.11 Å². The van der Waals surface area contributed by atoms with Gasteiger partial charge in [0.15, 0.2) is 11.5 Å². The van der Waals surface area contributed by atoms with Gasteiger partial charge in [0.05, 0.1) is 7.11 Å². The minimum absolute atomic E-state index is 0.234. The summed E-state index contributed by atoms with van der Waals surface area (Å²) in [5, 5.41) is 13.7. The molecule has 160 valence electrons. The minimum Gasteiger partial charge on any atom is -0.493 e. The molecule has 0 spiro atoms. The van der Waals surface area contributed by atoms with Gasteiger partial charge in [0, 0.05) is 19.1 Å². The van der Waals surface area contributed by atoms with Gasteiger partial charge in [-0.25, -0.2) is 0 Å². The monoisotopic (exact) mass is 400 g/mol. The van der Waals surface area contributed by atoms with Gasteiger partial charge in [-0.1, -0.05) is 30.3 Å². The lowest BCUT2D eigenvalue weighted by atomic mass is 10.1. The Kier molecular flexibility index (Phi) is 9.45. The Balaban J connectivity index is 1.86. The normalized spacial score (nSPS) is 12.4. The molecule has 0 heterocycles. The molecule has 2 aromatic carbocycles. The number of aliphatic hydroxyl groups excluding tert-OH is 1. The van der Waals surface area contributed by atoms with Crippen LogP contribution < -0.4 is 14.8 Å². The smallest absolute Gasteiger partial charge is 0.161 e. The van der Waals surface area contributed by atoms with Crippen LogP contribution in [0.2, 0.25) is 0 Å². The molecule has 2 N–H and O–H groups in total. The second kappa shape index (κ2) is 11.8. The standard InChI is InChI=1S/C24H36N2O3/c1-18(2)26(4)16-22(27)17-29-24-14-20(10-11-23(24)28-5)15-25-13-12-21-9-7-6-8-19(21)3/h6-11,14,18,22,25,27H,12-13,15-17H2,1-5H3. The Morgan fingerprint density at radius 3 is 2.55 bits per heavy atom. The van der Waals surface area contributed by atoms with Crippen LogP contribution in [-0.4, -0.2) is 56.0 Å². The second-order valence-electron chi connectivity index (χ2n) is 7.84. The molecule has 0 aliphatic heterocycles. The number of hydrogen-bond acceptors (Lipinski definition) is 5. The largest absolute Gasteiger partial charge is 0.493 e. The first kappa shape index (κ1) is 23.2. The molecule has 0 saturated carbocycles. The first-order chi connectivity index (χ1) is 13.9. The molecular formula is C24H36N2O3. The molecule has 1 unspecified atom stereocenters. The first-order valence-electron chi connectivity index (χ1n) is 10.3. The van der Waals surface area contributed by atoms with E-state index in [1.807, 2.05) is 25.2 Å². The van der Waals surface area contributed by atoms with E-state index < -0.39 is 6.10 Å². The highest BCUT2D eigenvalue weighted by Crippen LogP contribution is 2.28. The SMILES string of the molecule is COc1ccc(CNCCc2ccccc2C)cc1OCC(O)CN(C)C(C)C. The van der Waals surface area contributed by atoms with Crippen molar-refractivity contribution in [2.45, 2.75) is 45.9 Å². The second-order valence-corrected chi connectivity index (χ2v) is 7.84. The van der Waals surface area contributed by atoms with Gasteiger partial charge in [0.1, 0.15) is 12.7 Å². The average molecular weight is 401 g/mol. The maximum atomic E-state index is 10.2. The van der Waals surface area contributed by atoms with E-state index in [1.165, 1.54) is 11.1 Å². The Bertz CT molecular complexity index is 749. The fraction of sp³-hybridized carbons (Fsp3) is 0.500. The predicted octanol–water partition coefficient (Wildman–Crippen LogP) is 3.42. The van der Waals surface area contributed by atoms with Crippen molar-refractivity contribution in [2.75, 3.05) is 33.9 Å². The van der Waals surface area contributed by atoms with E-state index in [0.717, 1.165) is 25.1 Å². The van der Waals surface area contributed by atoms with Crippen LogP contribution in [0.4, 0.5) is 0 Å². The van der Waals surface area contributed by atoms with Gasteiger partial charge in [-0.05, 0) is 69.6 Å². The van der Waals surface area contributed by atoms with Crippen molar-refractivity contribution >= 4 is 0 Å². The predicted molar refractivity (Wildman–Crippen MR) is 119 cm³/mol. The van der Waals surface area contributed by atoms with Crippen molar-refractivity contribution < 1.29 is 14.6 Å². The van der Waals surface area contributed by atoms with Crippen molar-refractivity contribution in [3.05, 3.63) is 59.2 Å². The van der Waals surface area contributed by atoms with E-state index in [0.29, 0.717) is 24.1 Å². The van der Waals surface area contributed by atoms with Gasteiger partial charge < -0.3 is 24.8 Å². The van der Waals surface area contributed by atoms with Gasteiger partial charge in [-0.2, -0.15) is 0 Å². The van der Waals surface area contributed by atoms with E-state index in [-0.39, 0.29) is 6.61 Å². The van der Waals surface area contributed by atoms with E-state index in [2.05, 4.69) is 55.3 Å². The lowest BCUT2D eigenvalue weighted by Gasteiger charge is -2.24. The third-order valence-corrected chi connectivity index (χ3v) is 5.20. The average Bonchev–Trinajstić information content (AvgIpc) is 2.70. The Morgan fingerprint density at radius 1 is 1.10 bits per heavy atom. The number of likely N-dealkylation sites (N-methyl/N-ethyl adjacent to an activating group) is 1. The molecule has 0 aromatic heterocycles. The molecular weight excluding hydrogens is 364 g/mol. The quantitative estimate of drug-likeness (QED) is 0.535. The van der Waals surface area contributed by atoms with E-state index in [4.69, 9.17) is 9.47 Å². The third-order valence-electron chi connectivity index (χ3n) is 5.20. The molecule has 5 heteroatoms. The Morgan fingerprint density at radius 2 is 1.86 bits per heavy atom. The highest BCUT2D eigenvalue weighted by atomic mass is 16.5. The summed E-state index contributed by atoms with van der Waals surface area (Å²) in [4.78, 5) is 2.10. The highest BCUT2D eigenvalue weighted by molar-refractivity contribution is 5.43. The number of ether oxygens (including phenoxy) is 2. The molecule has 0 bridgehead atoms. The molecule has 0 saturated heterocycles. The number of aryl methyl sites for hydroxylation is 1. The molecule has 5 nitrogen and oxygen atoms in total. The van der Waals surface area contributed by atoms with Crippen LogP contribution in [0.3, 0.4) is 0 Å². The molecule has 0 fully saturated rings. The third kappa shape index (κ3) is 7.69. The number of methoxy groups -OCH3 is 1. The fourth-order valence-electron chi connectivity index (χ4n) is 3.07. The topological polar surface area (TPSA) is 54.0 Å². The lowest BCUT2D eigenvalue weighted by Crippen LogP contribution is -2.37. The van der Waals surface area contributed by atoms with Crippen molar-refractivity contribution in [3.63, 3.8) is 0 Å². The summed E-state index contributed by atoms with van der Waals surface area (Å²) in [5.74, 6) is 1.34. The van der Waals surface area contributed by atoms with Crippen LogP contribution in [0.5, 0.6) is 11.5 Å². The number of rotatable bonds is 12. The Hall–Kier alpha value is -2.08. The summed E-state index contributed by atoms with van der Waals surface area (Å²) in [5.41, 5.74) is 3.83. The van der Waals surface area contributed by atoms with Crippen LogP contribution in [0.25, 0.3) is 0 Å². The fourth-order valence-corrected chi connectivity index (χ4v) is 3.07. The zero-order valence-electron chi connectivity index (χ0n) is 18.4. The van der Waals surface area contributed by atoms with Crippen LogP contribution in [0.15, 0.2) is 42.5 Å². The summed E-state index contributed by atoms with van der Waals surface area (Å²) in [6.45, 7) is 8.82. The highest BCUT2D eigenvalue weighted by Gasteiger charge is 2.13. The molecule has 1 atom stereocenters. The molecule has 2 aromatic rings. The molecule has 0 amide bonds. The van der Waals surface area contributed by atoms with Crippen molar-refractivity contribution in [2.24, 2.45) is 0 Å². The summed E-state index contributed by atoms with van der Waals surface area (Å²) in [6.07, 6.45) is 0.449. The zero-order chi connectivity index (χ0) is 21.2. The van der Waals surface area contributed by atoms with Crippen LogP contribution >= 0.6 is 0 Å². The summed E-state index contributed by atoms with van der Waals surface area (Å²) in [7, 11) is 3.63. The van der Waals surface area contributed by atoms with Gasteiger partial charge in [-0.3, -0.25) is 0 Å². The van der Waals surface area contributed by atoms with Crippen LogP contribution in [0.1, 0.15) is 30.5 Å². The molecule has 29 heavy (non-hydrogen) atoms. The lowest BCUT2D eigenvalue weighted by molar-refractivity contribution is 0.0668. The number of hydrogen-bond donors (Lipinski definition) is 2. The molecule has 0 aliphatic rings. The molecule has 0 radical (unpaired) electrons.